The van der Waals surface area contributed by atoms with E-state index in [0.29, 0.717) is 10.4 Å². The zero-order valence-electron chi connectivity index (χ0n) is 9.27. The fraction of sp³-hybridized carbons (Fsp3) is 0.538. The topological polar surface area (TPSA) is 0 Å². The highest BCUT2D eigenvalue weighted by atomic mass is 79.9. The quantitative estimate of drug-likeness (QED) is 0.656. The van der Waals surface area contributed by atoms with Gasteiger partial charge in [-0.1, -0.05) is 58.2 Å². The number of hydrogen-bond acceptors (Lipinski definition) is 0. The van der Waals surface area contributed by atoms with Crippen molar-refractivity contribution < 1.29 is 0 Å². The van der Waals surface area contributed by atoms with Gasteiger partial charge in [0.25, 0.3) is 0 Å². The summed E-state index contributed by atoms with van der Waals surface area (Å²) >= 11 is 15.9. The Labute approximate surface area is 115 Å². The van der Waals surface area contributed by atoms with E-state index in [4.69, 9.17) is 23.2 Å². The molecule has 0 aromatic heterocycles. The van der Waals surface area contributed by atoms with Crippen molar-refractivity contribution in [2.45, 2.75) is 26.2 Å². The third kappa shape index (κ3) is 2.57. The number of rotatable bonds is 4. The molecule has 1 fully saturated rings. The van der Waals surface area contributed by atoms with Gasteiger partial charge >= 0.3 is 0 Å². The van der Waals surface area contributed by atoms with Gasteiger partial charge in [0.2, 0.25) is 0 Å². The molecule has 0 spiro atoms. The van der Waals surface area contributed by atoms with Crippen LogP contribution >= 0.6 is 39.1 Å². The maximum absolute atomic E-state index is 6.23. The molecule has 0 amide bonds. The minimum absolute atomic E-state index is 0.314. The van der Waals surface area contributed by atoms with Gasteiger partial charge in [-0.2, -0.15) is 0 Å². The second kappa shape index (κ2) is 4.88. The maximum atomic E-state index is 6.23. The monoisotopic (exact) mass is 320 g/mol. The largest absolute Gasteiger partial charge is 0.0922 e. The van der Waals surface area contributed by atoms with Crippen LogP contribution in [0.25, 0.3) is 0 Å². The Bertz CT molecular complexity index is 388. The summed E-state index contributed by atoms with van der Waals surface area (Å²) in [6.07, 6.45) is 3.70. The van der Waals surface area contributed by atoms with Crippen LogP contribution in [0.1, 0.15) is 25.3 Å². The lowest BCUT2D eigenvalue weighted by molar-refractivity contribution is 0.319. The molecule has 88 valence electrons. The summed E-state index contributed by atoms with van der Waals surface area (Å²) in [7, 11) is 0. The minimum Gasteiger partial charge on any atom is -0.0922 e. The summed E-state index contributed by atoms with van der Waals surface area (Å²) in [4.78, 5) is 0. The second-order valence-corrected chi connectivity index (χ2v) is 6.30. The van der Waals surface area contributed by atoms with Crippen molar-refractivity contribution in [3.05, 3.63) is 33.8 Å². The summed E-state index contributed by atoms with van der Waals surface area (Å²) in [5.74, 6) is 0.835. The van der Waals surface area contributed by atoms with E-state index in [1.807, 2.05) is 12.1 Å². The lowest BCUT2D eigenvalue weighted by Gasteiger charge is -2.28. The molecule has 2 rings (SSSR count). The van der Waals surface area contributed by atoms with E-state index in [1.54, 1.807) is 0 Å². The smallest absolute Gasteiger partial charge is 0.0624 e. The van der Waals surface area contributed by atoms with Crippen LogP contribution in [0.5, 0.6) is 0 Å². The summed E-state index contributed by atoms with van der Waals surface area (Å²) in [5.41, 5.74) is 1.48. The molecular formula is C13H15BrCl2. The molecule has 1 aromatic rings. The summed E-state index contributed by atoms with van der Waals surface area (Å²) in [6.45, 7) is 2.33. The number of alkyl halides is 1. The lowest BCUT2D eigenvalue weighted by Crippen LogP contribution is -2.24. The molecule has 0 nitrogen and oxygen atoms in total. The van der Waals surface area contributed by atoms with E-state index < -0.39 is 0 Å². The van der Waals surface area contributed by atoms with Gasteiger partial charge in [0, 0.05) is 5.33 Å². The lowest BCUT2D eigenvalue weighted by atomic mass is 9.81. The first-order chi connectivity index (χ1) is 7.57. The first-order valence-corrected chi connectivity index (χ1v) is 7.43. The van der Waals surface area contributed by atoms with Crippen molar-refractivity contribution in [2.24, 2.45) is 11.3 Å². The zero-order chi connectivity index (χ0) is 11.8. The van der Waals surface area contributed by atoms with Gasteiger partial charge in [-0.05, 0) is 42.2 Å². The fourth-order valence-electron chi connectivity index (χ4n) is 2.20. The van der Waals surface area contributed by atoms with Crippen LogP contribution < -0.4 is 0 Å². The number of hydrogen-bond donors (Lipinski definition) is 0. The molecule has 0 bridgehead atoms. The Morgan fingerprint density at radius 3 is 2.62 bits per heavy atom. The Morgan fingerprint density at radius 2 is 2.06 bits per heavy atom. The van der Waals surface area contributed by atoms with Gasteiger partial charge < -0.3 is 0 Å². The van der Waals surface area contributed by atoms with E-state index in [-0.39, 0.29) is 0 Å². The Kier molecular flexibility index (Phi) is 3.88. The highest BCUT2D eigenvalue weighted by Crippen LogP contribution is 2.49. The van der Waals surface area contributed by atoms with E-state index in [2.05, 4.69) is 28.9 Å². The molecule has 16 heavy (non-hydrogen) atoms. The third-order valence-corrected chi connectivity index (χ3v) is 5.63. The molecule has 1 aliphatic carbocycles. The van der Waals surface area contributed by atoms with Gasteiger partial charge in [0.05, 0.1) is 10.0 Å². The minimum atomic E-state index is 0.314. The van der Waals surface area contributed by atoms with Gasteiger partial charge in [-0.15, -0.1) is 0 Å². The van der Waals surface area contributed by atoms with Gasteiger partial charge in [-0.25, -0.2) is 0 Å². The molecule has 1 saturated carbocycles. The molecule has 0 saturated heterocycles. The molecule has 0 N–H and O–H groups in total. The van der Waals surface area contributed by atoms with Crippen LogP contribution in [0.4, 0.5) is 0 Å². The van der Waals surface area contributed by atoms with Crippen molar-refractivity contribution >= 4 is 39.1 Å². The van der Waals surface area contributed by atoms with E-state index in [9.17, 15) is 0 Å². The summed E-state index contributed by atoms with van der Waals surface area (Å²) < 4.78 is 0. The molecule has 0 heterocycles. The first-order valence-electron chi connectivity index (χ1n) is 5.56. The molecule has 3 heteroatoms. The molecule has 1 unspecified atom stereocenters. The highest BCUT2D eigenvalue weighted by Gasteiger charge is 2.40. The van der Waals surface area contributed by atoms with Crippen LogP contribution in [-0.2, 0) is 6.42 Å². The van der Waals surface area contributed by atoms with Crippen molar-refractivity contribution in [2.75, 3.05) is 5.33 Å². The van der Waals surface area contributed by atoms with Gasteiger partial charge in [0.15, 0.2) is 0 Å². The Balaban J connectivity index is 2.22. The maximum Gasteiger partial charge on any atom is 0.0624 e. The Morgan fingerprint density at radius 1 is 1.38 bits per heavy atom. The van der Waals surface area contributed by atoms with Crippen LogP contribution in [0.3, 0.4) is 0 Å². The normalized spacial score (nSPS) is 19.5. The van der Waals surface area contributed by atoms with E-state index >= 15 is 0 Å². The average Bonchev–Trinajstić information content (AvgIpc) is 3.08. The number of benzene rings is 1. The first kappa shape index (κ1) is 12.7. The molecule has 1 aromatic carbocycles. The Hall–Kier alpha value is 0.280. The third-order valence-electron chi connectivity index (χ3n) is 3.49. The van der Waals surface area contributed by atoms with Crippen LogP contribution in [-0.4, -0.2) is 5.33 Å². The predicted octanol–water partition coefficient (Wildman–Crippen LogP) is 5.35. The van der Waals surface area contributed by atoms with Crippen LogP contribution in [0.2, 0.25) is 10.0 Å². The van der Waals surface area contributed by atoms with Crippen molar-refractivity contribution in [3.63, 3.8) is 0 Å². The summed E-state index contributed by atoms with van der Waals surface area (Å²) in [5, 5.41) is 2.40. The van der Waals surface area contributed by atoms with Crippen LogP contribution in [0, 0.1) is 11.3 Å². The van der Waals surface area contributed by atoms with Crippen molar-refractivity contribution in [1.29, 1.82) is 0 Å². The average molecular weight is 322 g/mol. The molecular weight excluding hydrogens is 307 g/mol. The second-order valence-electron chi connectivity index (χ2n) is 4.95. The van der Waals surface area contributed by atoms with Crippen LogP contribution in [0.15, 0.2) is 18.2 Å². The number of halogens is 3. The zero-order valence-corrected chi connectivity index (χ0v) is 12.4. The van der Waals surface area contributed by atoms with Gasteiger partial charge in [0.1, 0.15) is 0 Å². The van der Waals surface area contributed by atoms with Crippen molar-refractivity contribution in [1.82, 2.24) is 0 Å². The molecule has 0 aliphatic heterocycles. The fourth-order valence-corrected chi connectivity index (χ4v) is 3.24. The van der Waals surface area contributed by atoms with E-state index in [0.717, 1.165) is 22.7 Å². The van der Waals surface area contributed by atoms with E-state index in [1.165, 1.54) is 18.4 Å². The standard InChI is InChI=1S/C13H15BrCl2/c1-13(8-14,10-5-6-10)7-9-3-2-4-11(15)12(9)16/h2-4,10H,5-8H2,1H3. The highest BCUT2D eigenvalue weighted by molar-refractivity contribution is 9.09. The summed E-state index contributed by atoms with van der Waals surface area (Å²) in [6, 6.07) is 5.90. The predicted molar refractivity (Wildman–Crippen MR) is 74.8 cm³/mol. The molecule has 0 radical (unpaired) electrons. The van der Waals surface area contributed by atoms with Crippen molar-refractivity contribution in [3.8, 4) is 0 Å². The SMILES string of the molecule is CC(CBr)(Cc1cccc(Cl)c1Cl)C1CC1. The molecule has 1 atom stereocenters. The van der Waals surface area contributed by atoms with Gasteiger partial charge in [-0.3, -0.25) is 0 Å². The molecule has 1 aliphatic rings.